The first-order valence-corrected chi connectivity index (χ1v) is 11.1. The molecule has 0 aliphatic heterocycles. The Bertz CT molecular complexity index is 963. The van der Waals surface area contributed by atoms with E-state index in [-0.39, 0.29) is 25.2 Å². The van der Waals surface area contributed by atoms with Crippen molar-refractivity contribution in [3.8, 4) is 17.1 Å². The van der Waals surface area contributed by atoms with Crippen molar-refractivity contribution in [2.45, 2.75) is 52.2 Å². The van der Waals surface area contributed by atoms with E-state index >= 15 is 0 Å². The Hall–Kier alpha value is -3.21. The molecule has 2 N–H and O–H groups in total. The zero-order chi connectivity index (χ0) is 23.8. The molecule has 33 heavy (non-hydrogen) atoms. The number of nitrogens with one attached hydrogen (secondary N) is 1. The third kappa shape index (κ3) is 6.64. The number of hydrogen-bond donors (Lipinski definition) is 2. The van der Waals surface area contributed by atoms with Crippen molar-refractivity contribution in [3.63, 3.8) is 0 Å². The van der Waals surface area contributed by atoms with Crippen LogP contribution in [0.25, 0.3) is 11.4 Å². The standard InChI is InChI=1S/C22H31N5O6/c1-4-31-10-11-32-22(30)23-13-18-20(25-26-27(18)3)17-8-9-19(14(2)24-17)33-16-7-5-6-15(12-16)21(28)29/h8-9,15-16H,4-7,10-13H2,1-3H3,(H,23,30)(H,28,29)/t15-,16-/m0/s1. The van der Waals surface area contributed by atoms with E-state index < -0.39 is 12.1 Å². The second kappa shape index (κ2) is 11.6. The van der Waals surface area contributed by atoms with Gasteiger partial charge < -0.3 is 24.6 Å². The second-order valence-electron chi connectivity index (χ2n) is 7.92. The van der Waals surface area contributed by atoms with Crippen molar-refractivity contribution >= 4 is 12.1 Å². The summed E-state index contributed by atoms with van der Waals surface area (Å²) in [6, 6.07) is 3.60. The van der Waals surface area contributed by atoms with E-state index in [1.165, 1.54) is 0 Å². The van der Waals surface area contributed by atoms with E-state index in [0.29, 0.717) is 54.6 Å². The molecule has 0 aromatic carbocycles. The number of aromatic nitrogens is 4. The number of hydrogen-bond acceptors (Lipinski definition) is 8. The predicted molar refractivity (Wildman–Crippen MR) is 118 cm³/mol. The van der Waals surface area contributed by atoms with Crippen LogP contribution in [0.15, 0.2) is 12.1 Å². The van der Waals surface area contributed by atoms with Crippen LogP contribution in [0.5, 0.6) is 5.75 Å². The highest BCUT2D eigenvalue weighted by Gasteiger charge is 2.28. The molecule has 1 amide bonds. The molecule has 11 heteroatoms. The van der Waals surface area contributed by atoms with Gasteiger partial charge in [0.05, 0.1) is 42.3 Å². The van der Waals surface area contributed by atoms with E-state index in [2.05, 4.69) is 20.6 Å². The Morgan fingerprint density at radius 3 is 2.82 bits per heavy atom. The fourth-order valence-corrected chi connectivity index (χ4v) is 3.78. The minimum atomic E-state index is -0.768. The van der Waals surface area contributed by atoms with Crippen molar-refractivity contribution < 1.29 is 28.9 Å². The van der Waals surface area contributed by atoms with Crippen LogP contribution in [0.2, 0.25) is 0 Å². The minimum absolute atomic E-state index is 0.142. The minimum Gasteiger partial charge on any atom is -0.489 e. The number of carboxylic acid groups (broad SMARTS) is 1. The number of alkyl carbamates (subject to hydrolysis) is 1. The SMILES string of the molecule is CCOCCOC(=O)NCc1c(-c2ccc(O[C@H]3CCC[C@H](C(=O)O)C3)c(C)n2)nnn1C. The van der Waals surface area contributed by atoms with E-state index in [0.717, 1.165) is 12.8 Å². The first-order valence-electron chi connectivity index (χ1n) is 11.1. The van der Waals surface area contributed by atoms with Crippen LogP contribution in [-0.2, 0) is 27.9 Å². The van der Waals surface area contributed by atoms with Gasteiger partial charge in [-0.3, -0.25) is 4.79 Å². The fraction of sp³-hybridized carbons (Fsp3) is 0.591. The third-order valence-electron chi connectivity index (χ3n) is 5.56. The molecule has 0 radical (unpaired) electrons. The second-order valence-corrected chi connectivity index (χ2v) is 7.92. The number of ether oxygens (including phenoxy) is 3. The molecule has 0 saturated heterocycles. The maximum Gasteiger partial charge on any atom is 0.407 e. The largest absolute Gasteiger partial charge is 0.489 e. The summed E-state index contributed by atoms with van der Waals surface area (Å²) in [5.41, 5.74) is 2.49. The highest BCUT2D eigenvalue weighted by atomic mass is 16.6. The van der Waals surface area contributed by atoms with Crippen molar-refractivity contribution in [3.05, 3.63) is 23.5 Å². The van der Waals surface area contributed by atoms with Crippen molar-refractivity contribution in [2.75, 3.05) is 19.8 Å². The lowest BCUT2D eigenvalue weighted by atomic mass is 9.87. The molecule has 0 unspecified atom stereocenters. The maximum absolute atomic E-state index is 11.9. The summed E-state index contributed by atoms with van der Waals surface area (Å²) in [6.45, 7) is 4.96. The molecule has 2 heterocycles. The molecule has 3 rings (SSSR count). The average Bonchev–Trinajstić information content (AvgIpc) is 3.17. The lowest BCUT2D eigenvalue weighted by Gasteiger charge is -2.27. The third-order valence-corrected chi connectivity index (χ3v) is 5.56. The van der Waals surface area contributed by atoms with Gasteiger partial charge in [-0.2, -0.15) is 0 Å². The molecule has 1 saturated carbocycles. The number of aryl methyl sites for hydroxylation is 2. The van der Waals surface area contributed by atoms with Gasteiger partial charge in [-0.05, 0) is 51.7 Å². The normalized spacial score (nSPS) is 18.0. The van der Waals surface area contributed by atoms with Crippen molar-refractivity contribution in [1.82, 2.24) is 25.3 Å². The lowest BCUT2D eigenvalue weighted by molar-refractivity contribution is -0.143. The summed E-state index contributed by atoms with van der Waals surface area (Å²) >= 11 is 0. The number of amides is 1. The first-order chi connectivity index (χ1) is 15.9. The number of carbonyl (C=O) groups is 2. The first kappa shape index (κ1) is 24.4. The monoisotopic (exact) mass is 461 g/mol. The van der Waals surface area contributed by atoms with Gasteiger partial charge in [0.15, 0.2) is 0 Å². The Kier molecular flexibility index (Phi) is 8.58. The van der Waals surface area contributed by atoms with E-state index in [9.17, 15) is 14.7 Å². The summed E-state index contributed by atoms with van der Waals surface area (Å²) < 4.78 is 17.9. The highest BCUT2D eigenvalue weighted by Crippen LogP contribution is 2.30. The maximum atomic E-state index is 11.9. The Labute approximate surface area is 192 Å². The van der Waals surface area contributed by atoms with Crippen LogP contribution in [0, 0.1) is 12.8 Å². The molecule has 0 bridgehead atoms. The van der Waals surface area contributed by atoms with Gasteiger partial charge in [0, 0.05) is 13.7 Å². The van der Waals surface area contributed by atoms with Gasteiger partial charge in [0.25, 0.3) is 0 Å². The molecule has 1 aliphatic carbocycles. The average molecular weight is 462 g/mol. The number of aliphatic carboxylic acids is 1. The summed E-state index contributed by atoms with van der Waals surface area (Å²) in [7, 11) is 1.74. The summed E-state index contributed by atoms with van der Waals surface area (Å²) in [5.74, 6) is -0.511. The molecular weight excluding hydrogens is 430 g/mol. The van der Waals surface area contributed by atoms with Gasteiger partial charge in [0.2, 0.25) is 0 Å². The van der Waals surface area contributed by atoms with Gasteiger partial charge in [-0.1, -0.05) is 5.21 Å². The quantitative estimate of drug-likeness (QED) is 0.511. The molecule has 2 aromatic rings. The highest BCUT2D eigenvalue weighted by molar-refractivity contribution is 5.70. The summed E-state index contributed by atoms with van der Waals surface area (Å²) in [4.78, 5) is 27.8. The fourth-order valence-electron chi connectivity index (χ4n) is 3.78. The molecule has 2 atom stereocenters. The van der Waals surface area contributed by atoms with Crippen LogP contribution in [0.4, 0.5) is 4.79 Å². The smallest absolute Gasteiger partial charge is 0.407 e. The molecule has 180 valence electrons. The summed E-state index contributed by atoms with van der Waals surface area (Å²) in [6.07, 6.45) is 2.14. The van der Waals surface area contributed by atoms with Crippen LogP contribution in [-0.4, -0.2) is 63.1 Å². The molecule has 1 aliphatic rings. The zero-order valence-electron chi connectivity index (χ0n) is 19.2. The van der Waals surface area contributed by atoms with Crippen molar-refractivity contribution in [1.29, 1.82) is 0 Å². The van der Waals surface area contributed by atoms with E-state index in [1.807, 2.05) is 19.9 Å². The number of carbonyl (C=O) groups excluding carboxylic acids is 1. The zero-order valence-corrected chi connectivity index (χ0v) is 19.2. The van der Waals surface area contributed by atoms with Crippen molar-refractivity contribution in [2.24, 2.45) is 13.0 Å². The molecule has 11 nitrogen and oxygen atoms in total. The van der Waals surface area contributed by atoms with Gasteiger partial charge >= 0.3 is 12.1 Å². The lowest BCUT2D eigenvalue weighted by Crippen LogP contribution is -2.29. The molecule has 0 spiro atoms. The van der Waals surface area contributed by atoms with Crippen LogP contribution in [0.3, 0.4) is 0 Å². The van der Waals surface area contributed by atoms with Crippen LogP contribution < -0.4 is 10.1 Å². The predicted octanol–water partition coefficient (Wildman–Crippen LogP) is 2.47. The Morgan fingerprint density at radius 2 is 2.09 bits per heavy atom. The van der Waals surface area contributed by atoms with Crippen LogP contribution >= 0.6 is 0 Å². The molecular formula is C22H31N5O6. The number of nitrogens with zero attached hydrogens (tertiary/aromatic N) is 4. The van der Waals surface area contributed by atoms with Gasteiger partial charge in [0.1, 0.15) is 18.1 Å². The number of pyridine rings is 1. The molecule has 2 aromatic heterocycles. The Morgan fingerprint density at radius 1 is 1.27 bits per heavy atom. The summed E-state index contributed by atoms with van der Waals surface area (Å²) in [5, 5.41) is 20.2. The molecule has 1 fully saturated rings. The topological polar surface area (TPSA) is 138 Å². The Balaban J connectivity index is 1.64. The van der Waals surface area contributed by atoms with Crippen LogP contribution in [0.1, 0.15) is 44.0 Å². The number of carboxylic acids is 1. The van der Waals surface area contributed by atoms with Gasteiger partial charge in [-0.15, -0.1) is 5.10 Å². The van der Waals surface area contributed by atoms with E-state index in [4.69, 9.17) is 14.2 Å². The van der Waals surface area contributed by atoms with E-state index in [1.54, 1.807) is 17.8 Å². The van der Waals surface area contributed by atoms with Gasteiger partial charge in [-0.25, -0.2) is 14.5 Å². The number of rotatable bonds is 10.